The molecule has 0 bridgehead atoms. The van der Waals surface area contributed by atoms with E-state index in [1.807, 2.05) is 13.8 Å². The van der Waals surface area contributed by atoms with Gasteiger partial charge in [0.05, 0.1) is 0 Å². The molecule has 1 aliphatic carbocycles. The summed E-state index contributed by atoms with van der Waals surface area (Å²) in [5.41, 5.74) is -0.114. The molecular weight excluding hydrogens is 384 g/mol. The molecule has 0 radical (unpaired) electrons. The summed E-state index contributed by atoms with van der Waals surface area (Å²) in [6.07, 6.45) is 7.44. The zero-order valence-corrected chi connectivity index (χ0v) is 17.3. The molecule has 0 aromatic heterocycles. The highest BCUT2D eigenvalue weighted by Gasteiger charge is 2.24. The van der Waals surface area contributed by atoms with E-state index in [1.165, 1.54) is 44.2 Å². The van der Waals surface area contributed by atoms with Gasteiger partial charge in [-0.2, -0.15) is 0 Å². The molecule has 2 aromatic carbocycles. The first-order chi connectivity index (χ1) is 13.8. The van der Waals surface area contributed by atoms with Crippen molar-refractivity contribution in [1.82, 2.24) is 0 Å². The minimum absolute atomic E-state index is 0.0742. The highest BCUT2D eigenvalue weighted by molar-refractivity contribution is 5.91. The maximum atomic E-state index is 13.4. The Morgan fingerprint density at radius 3 is 1.93 bits per heavy atom. The van der Waals surface area contributed by atoms with Crippen molar-refractivity contribution >= 4 is 5.97 Å². The van der Waals surface area contributed by atoms with Crippen LogP contribution in [0.1, 0.15) is 68.8 Å². The fourth-order valence-corrected chi connectivity index (χ4v) is 2.80. The minimum atomic E-state index is -2.05. The molecule has 0 atom stereocenters. The van der Waals surface area contributed by atoms with Gasteiger partial charge in [0, 0.05) is 0 Å². The summed E-state index contributed by atoms with van der Waals surface area (Å²) in [5.74, 6) is -7.70. The summed E-state index contributed by atoms with van der Waals surface area (Å²) in [7, 11) is 0. The number of benzene rings is 2. The highest BCUT2D eigenvalue weighted by Crippen LogP contribution is 2.22. The summed E-state index contributed by atoms with van der Waals surface area (Å²) in [6, 6.07) is 6.38. The average molecular weight is 412 g/mol. The van der Waals surface area contributed by atoms with Gasteiger partial charge < -0.3 is 4.74 Å². The predicted octanol–water partition coefficient (Wildman–Crippen LogP) is 7.38. The molecule has 0 aliphatic heterocycles. The molecule has 0 heterocycles. The molecule has 1 fully saturated rings. The van der Waals surface area contributed by atoms with Crippen molar-refractivity contribution in [3.8, 4) is 5.75 Å². The Morgan fingerprint density at radius 1 is 0.897 bits per heavy atom. The van der Waals surface area contributed by atoms with Gasteiger partial charge in [-0.15, -0.1) is 0 Å². The van der Waals surface area contributed by atoms with Crippen LogP contribution in [0.2, 0.25) is 0 Å². The SMILES string of the molecule is CC.CC1CCCCC1.Cc1ccc(OC(=O)c2cc(F)c(F)c(F)c2F)cc1. The third-order valence-electron chi connectivity index (χ3n) is 4.45. The van der Waals surface area contributed by atoms with E-state index in [9.17, 15) is 22.4 Å². The van der Waals surface area contributed by atoms with E-state index in [-0.39, 0.29) is 11.8 Å². The second kappa shape index (κ2) is 12.2. The number of carbonyl (C=O) groups is 1. The lowest BCUT2D eigenvalue weighted by Gasteiger charge is -2.15. The lowest BCUT2D eigenvalue weighted by molar-refractivity contribution is 0.0727. The van der Waals surface area contributed by atoms with Crippen LogP contribution < -0.4 is 4.74 Å². The van der Waals surface area contributed by atoms with E-state index >= 15 is 0 Å². The summed E-state index contributed by atoms with van der Waals surface area (Å²) in [6.45, 7) is 8.16. The quantitative estimate of drug-likeness (QED) is 0.169. The van der Waals surface area contributed by atoms with Gasteiger partial charge in [-0.3, -0.25) is 0 Å². The molecule has 1 saturated carbocycles. The number of halogens is 4. The molecule has 0 saturated heterocycles. The lowest BCUT2D eigenvalue weighted by Crippen LogP contribution is -2.13. The molecule has 1 aliphatic rings. The number of esters is 1. The zero-order valence-electron chi connectivity index (χ0n) is 17.3. The van der Waals surface area contributed by atoms with Gasteiger partial charge in [0.25, 0.3) is 0 Å². The Balaban J connectivity index is 0.000000390. The lowest BCUT2D eigenvalue weighted by atomic mass is 9.91. The smallest absolute Gasteiger partial charge is 0.346 e. The van der Waals surface area contributed by atoms with Gasteiger partial charge in [0.1, 0.15) is 11.3 Å². The van der Waals surface area contributed by atoms with Crippen LogP contribution in [0, 0.1) is 36.1 Å². The van der Waals surface area contributed by atoms with Crippen molar-refractivity contribution < 1.29 is 27.1 Å². The van der Waals surface area contributed by atoms with Gasteiger partial charge in [-0.05, 0) is 31.0 Å². The normalized spacial score (nSPS) is 13.5. The van der Waals surface area contributed by atoms with Crippen LogP contribution in [-0.4, -0.2) is 5.97 Å². The van der Waals surface area contributed by atoms with Crippen molar-refractivity contribution in [3.05, 3.63) is 64.7 Å². The molecule has 160 valence electrons. The predicted molar refractivity (Wildman–Crippen MR) is 106 cm³/mol. The molecule has 3 rings (SSSR count). The van der Waals surface area contributed by atoms with Crippen LogP contribution in [0.3, 0.4) is 0 Å². The first kappa shape index (κ1) is 24.7. The minimum Gasteiger partial charge on any atom is -0.423 e. The van der Waals surface area contributed by atoms with E-state index in [2.05, 4.69) is 6.92 Å². The Labute approximate surface area is 169 Å². The van der Waals surface area contributed by atoms with Gasteiger partial charge >= 0.3 is 5.97 Å². The maximum Gasteiger partial charge on any atom is 0.346 e. The zero-order chi connectivity index (χ0) is 22.0. The van der Waals surface area contributed by atoms with Crippen LogP contribution in [0.25, 0.3) is 0 Å². The number of ether oxygens (including phenoxy) is 1. The van der Waals surface area contributed by atoms with E-state index in [0.717, 1.165) is 11.5 Å². The van der Waals surface area contributed by atoms with Crippen LogP contribution in [0.15, 0.2) is 30.3 Å². The topological polar surface area (TPSA) is 26.3 Å². The number of hydrogen-bond acceptors (Lipinski definition) is 2. The Bertz CT molecular complexity index is 782. The number of carbonyl (C=O) groups excluding carboxylic acids is 1. The second-order valence-corrected chi connectivity index (χ2v) is 6.79. The van der Waals surface area contributed by atoms with Crippen molar-refractivity contribution in [2.24, 2.45) is 5.92 Å². The highest BCUT2D eigenvalue weighted by atomic mass is 19.2. The summed E-state index contributed by atoms with van der Waals surface area (Å²) < 4.78 is 56.9. The van der Waals surface area contributed by atoms with Crippen molar-refractivity contribution in [2.45, 2.75) is 59.8 Å². The molecule has 6 heteroatoms. The third kappa shape index (κ3) is 7.52. The van der Waals surface area contributed by atoms with E-state index < -0.39 is 34.8 Å². The standard InChI is InChI=1S/C14H8F4O2.C7H14.C2H6/c1-7-2-4-8(5-3-7)20-14(19)9-6-10(15)12(17)13(18)11(9)16;1-7-5-3-2-4-6-7;1-2/h2-6H,1H3;7H,2-6H2,1H3;1-2H3. The molecule has 0 N–H and O–H groups in total. The number of aryl methyl sites for hydroxylation is 1. The van der Waals surface area contributed by atoms with Crippen LogP contribution in [0.5, 0.6) is 5.75 Å². The maximum absolute atomic E-state index is 13.4. The summed E-state index contributed by atoms with van der Waals surface area (Å²) >= 11 is 0. The fourth-order valence-electron chi connectivity index (χ4n) is 2.80. The van der Waals surface area contributed by atoms with Crippen molar-refractivity contribution in [3.63, 3.8) is 0 Å². The Morgan fingerprint density at radius 2 is 1.45 bits per heavy atom. The monoisotopic (exact) mass is 412 g/mol. The first-order valence-corrected chi connectivity index (χ1v) is 9.91. The Kier molecular flexibility index (Phi) is 10.4. The molecule has 0 unspecified atom stereocenters. The van der Waals surface area contributed by atoms with Crippen LogP contribution in [-0.2, 0) is 0 Å². The van der Waals surface area contributed by atoms with Gasteiger partial charge in [0.2, 0.25) is 0 Å². The van der Waals surface area contributed by atoms with Gasteiger partial charge in [-0.25, -0.2) is 22.4 Å². The van der Waals surface area contributed by atoms with E-state index in [0.29, 0.717) is 0 Å². The van der Waals surface area contributed by atoms with Crippen molar-refractivity contribution in [1.29, 1.82) is 0 Å². The third-order valence-corrected chi connectivity index (χ3v) is 4.45. The molecule has 2 nitrogen and oxygen atoms in total. The second-order valence-electron chi connectivity index (χ2n) is 6.79. The molecule has 0 spiro atoms. The number of rotatable bonds is 2. The van der Waals surface area contributed by atoms with Crippen LogP contribution in [0.4, 0.5) is 17.6 Å². The summed E-state index contributed by atoms with van der Waals surface area (Å²) in [5, 5.41) is 0. The van der Waals surface area contributed by atoms with Crippen LogP contribution >= 0.6 is 0 Å². The largest absolute Gasteiger partial charge is 0.423 e. The first-order valence-electron chi connectivity index (χ1n) is 9.91. The summed E-state index contributed by atoms with van der Waals surface area (Å²) in [4.78, 5) is 11.6. The number of hydrogen-bond donors (Lipinski definition) is 0. The van der Waals surface area contributed by atoms with E-state index in [4.69, 9.17) is 4.74 Å². The molecule has 2 aromatic rings. The van der Waals surface area contributed by atoms with Gasteiger partial charge in [0.15, 0.2) is 23.3 Å². The Hall–Kier alpha value is -2.37. The average Bonchev–Trinajstić information content (AvgIpc) is 2.73. The molecule has 0 amide bonds. The van der Waals surface area contributed by atoms with E-state index in [1.54, 1.807) is 19.1 Å². The molecule has 29 heavy (non-hydrogen) atoms. The fraction of sp³-hybridized carbons (Fsp3) is 0.435. The van der Waals surface area contributed by atoms with Crippen molar-refractivity contribution in [2.75, 3.05) is 0 Å². The van der Waals surface area contributed by atoms with Gasteiger partial charge in [-0.1, -0.05) is 70.6 Å². The molecular formula is C23H28F4O2.